The van der Waals surface area contributed by atoms with Crippen molar-refractivity contribution in [3.05, 3.63) is 14.7 Å². The Bertz CT molecular complexity index is 714. The first kappa shape index (κ1) is 20.5. The number of methoxy groups -OCH3 is 1. The summed E-state index contributed by atoms with van der Waals surface area (Å²) in [5, 5.41) is 0. The predicted octanol–water partition coefficient (Wildman–Crippen LogP) is 4.97. The molecular formula is C20H26BrNO4S. The number of rotatable bonds is 4. The van der Waals surface area contributed by atoms with Gasteiger partial charge in [0, 0.05) is 24.8 Å². The summed E-state index contributed by atoms with van der Waals surface area (Å²) in [6.07, 6.45) is 6.20. The second kappa shape index (κ2) is 8.86. The molecule has 0 atom stereocenters. The van der Waals surface area contributed by atoms with Gasteiger partial charge in [-0.2, -0.15) is 0 Å². The third-order valence-electron chi connectivity index (χ3n) is 5.79. The molecule has 0 aliphatic heterocycles. The fraction of sp³-hybridized carbons (Fsp3) is 0.650. The number of Topliss-reactive ketones (excluding diaryl/α,β-unsaturated/α-hetero) is 1. The lowest BCUT2D eigenvalue weighted by Crippen LogP contribution is -2.46. The molecule has 0 saturated heterocycles. The van der Waals surface area contributed by atoms with E-state index in [0.717, 1.165) is 29.5 Å². The largest absolute Gasteiger partial charge is 0.465 e. The van der Waals surface area contributed by atoms with Crippen LogP contribution in [0.2, 0.25) is 0 Å². The summed E-state index contributed by atoms with van der Waals surface area (Å²) < 4.78 is 5.73. The Kier molecular flexibility index (Phi) is 6.74. The SMILES string of the molecule is COC(=O)c1sc(Br)cc1N(C(=O)[C@H]1CC[C@H](C)CC1)C1CCC(=O)CC1. The van der Waals surface area contributed by atoms with Crippen LogP contribution in [-0.4, -0.2) is 30.8 Å². The van der Waals surface area contributed by atoms with E-state index in [-0.39, 0.29) is 23.7 Å². The van der Waals surface area contributed by atoms with Crippen molar-refractivity contribution in [2.75, 3.05) is 12.0 Å². The number of carbonyl (C=O) groups is 3. The molecule has 27 heavy (non-hydrogen) atoms. The quantitative estimate of drug-likeness (QED) is 0.601. The molecular weight excluding hydrogens is 430 g/mol. The number of hydrogen-bond acceptors (Lipinski definition) is 5. The molecule has 1 aromatic heterocycles. The average Bonchev–Trinajstić information content (AvgIpc) is 3.04. The van der Waals surface area contributed by atoms with Crippen molar-refractivity contribution in [3.8, 4) is 0 Å². The molecule has 148 valence electrons. The van der Waals surface area contributed by atoms with E-state index in [1.165, 1.54) is 18.4 Å². The fourth-order valence-electron chi connectivity index (χ4n) is 4.15. The van der Waals surface area contributed by atoms with Gasteiger partial charge in [-0.15, -0.1) is 11.3 Å². The van der Waals surface area contributed by atoms with E-state index in [4.69, 9.17) is 4.74 Å². The van der Waals surface area contributed by atoms with Gasteiger partial charge in [-0.05, 0) is 66.4 Å². The molecule has 0 aromatic carbocycles. The van der Waals surface area contributed by atoms with E-state index in [9.17, 15) is 14.4 Å². The maximum absolute atomic E-state index is 13.5. The monoisotopic (exact) mass is 455 g/mol. The molecule has 3 rings (SSSR count). The first-order valence-corrected chi connectivity index (χ1v) is 11.2. The lowest BCUT2D eigenvalue weighted by molar-refractivity contribution is -0.125. The Hall–Kier alpha value is -1.21. The number of hydrogen-bond donors (Lipinski definition) is 0. The van der Waals surface area contributed by atoms with E-state index in [1.54, 1.807) is 0 Å². The highest BCUT2D eigenvalue weighted by Crippen LogP contribution is 2.40. The maximum Gasteiger partial charge on any atom is 0.350 e. The van der Waals surface area contributed by atoms with E-state index in [1.807, 2.05) is 11.0 Å². The summed E-state index contributed by atoms with van der Waals surface area (Å²) in [5.74, 6) is 0.572. The molecule has 0 unspecified atom stereocenters. The van der Waals surface area contributed by atoms with Crippen molar-refractivity contribution in [2.45, 2.75) is 64.3 Å². The van der Waals surface area contributed by atoms with E-state index in [2.05, 4.69) is 22.9 Å². The first-order chi connectivity index (χ1) is 12.9. The smallest absolute Gasteiger partial charge is 0.350 e. The topological polar surface area (TPSA) is 63.7 Å². The minimum absolute atomic E-state index is 0.0111. The van der Waals surface area contributed by atoms with Gasteiger partial charge in [0.2, 0.25) is 5.91 Å². The normalized spacial score (nSPS) is 23.9. The zero-order valence-corrected chi connectivity index (χ0v) is 18.2. The fourth-order valence-corrected chi connectivity index (χ4v) is 5.65. The number of ether oxygens (including phenoxy) is 1. The summed E-state index contributed by atoms with van der Waals surface area (Å²) in [5.41, 5.74) is 0.627. The Morgan fingerprint density at radius 3 is 2.37 bits per heavy atom. The highest BCUT2D eigenvalue weighted by atomic mass is 79.9. The maximum atomic E-state index is 13.5. The number of thiophene rings is 1. The molecule has 7 heteroatoms. The Labute approximate surface area is 172 Å². The molecule has 0 spiro atoms. The summed E-state index contributed by atoms with van der Waals surface area (Å²) in [6, 6.07) is 1.80. The predicted molar refractivity (Wildman–Crippen MR) is 109 cm³/mol. The number of esters is 1. The van der Waals surface area contributed by atoms with Crippen LogP contribution in [0.15, 0.2) is 9.85 Å². The van der Waals surface area contributed by atoms with Gasteiger partial charge in [0.05, 0.1) is 16.6 Å². The summed E-state index contributed by atoms with van der Waals surface area (Å²) in [7, 11) is 1.35. The van der Waals surface area contributed by atoms with Gasteiger partial charge in [0.15, 0.2) is 0 Å². The van der Waals surface area contributed by atoms with Crippen molar-refractivity contribution in [1.82, 2.24) is 0 Å². The Balaban J connectivity index is 1.94. The second-order valence-electron chi connectivity index (χ2n) is 7.69. The second-order valence-corrected chi connectivity index (χ2v) is 10.1. The highest BCUT2D eigenvalue weighted by molar-refractivity contribution is 9.11. The molecule has 0 radical (unpaired) electrons. The molecule has 0 bridgehead atoms. The molecule has 2 aliphatic carbocycles. The molecule has 5 nitrogen and oxygen atoms in total. The van der Waals surface area contributed by atoms with Crippen molar-refractivity contribution in [3.63, 3.8) is 0 Å². The number of carbonyl (C=O) groups excluding carboxylic acids is 3. The van der Waals surface area contributed by atoms with Gasteiger partial charge in [-0.25, -0.2) is 4.79 Å². The number of amides is 1. The van der Waals surface area contributed by atoms with Crippen LogP contribution < -0.4 is 4.90 Å². The van der Waals surface area contributed by atoms with E-state index >= 15 is 0 Å². The van der Waals surface area contributed by atoms with Crippen LogP contribution in [0.25, 0.3) is 0 Å². The number of ketones is 1. The standard InChI is InChI=1S/C20H26BrNO4S/c1-12-3-5-13(6-4-12)19(24)22(14-7-9-15(23)10-8-14)16-11-17(21)27-18(16)20(25)26-2/h11-14H,3-10H2,1-2H3/t12-,13-. The van der Waals surface area contributed by atoms with Gasteiger partial charge in [0.1, 0.15) is 10.7 Å². The number of halogens is 1. The molecule has 2 saturated carbocycles. The number of anilines is 1. The van der Waals surface area contributed by atoms with Crippen LogP contribution in [0, 0.1) is 11.8 Å². The van der Waals surface area contributed by atoms with Crippen LogP contribution in [0.5, 0.6) is 0 Å². The van der Waals surface area contributed by atoms with Gasteiger partial charge in [0.25, 0.3) is 0 Å². The van der Waals surface area contributed by atoms with Crippen molar-refractivity contribution >= 4 is 50.6 Å². The minimum Gasteiger partial charge on any atom is -0.465 e. The lowest BCUT2D eigenvalue weighted by Gasteiger charge is -2.37. The zero-order valence-electron chi connectivity index (χ0n) is 15.8. The van der Waals surface area contributed by atoms with Gasteiger partial charge in [-0.1, -0.05) is 6.92 Å². The van der Waals surface area contributed by atoms with Crippen LogP contribution in [0.1, 0.15) is 68.0 Å². The third-order valence-corrected chi connectivity index (χ3v) is 7.40. The molecule has 1 amide bonds. The van der Waals surface area contributed by atoms with Crippen LogP contribution in [-0.2, 0) is 14.3 Å². The summed E-state index contributed by atoms with van der Waals surface area (Å²) >= 11 is 4.74. The van der Waals surface area contributed by atoms with Crippen molar-refractivity contribution < 1.29 is 19.1 Å². The molecule has 2 fully saturated rings. The molecule has 1 heterocycles. The van der Waals surface area contributed by atoms with E-state index < -0.39 is 5.97 Å². The molecule has 0 N–H and O–H groups in total. The summed E-state index contributed by atoms with van der Waals surface area (Å²) in [6.45, 7) is 2.23. The molecule has 2 aliphatic rings. The zero-order chi connectivity index (χ0) is 19.6. The van der Waals surface area contributed by atoms with Crippen LogP contribution >= 0.6 is 27.3 Å². The third kappa shape index (κ3) is 4.62. The minimum atomic E-state index is -0.428. The first-order valence-electron chi connectivity index (χ1n) is 9.63. The van der Waals surface area contributed by atoms with Gasteiger partial charge < -0.3 is 9.64 Å². The Morgan fingerprint density at radius 1 is 1.15 bits per heavy atom. The van der Waals surface area contributed by atoms with E-state index in [0.29, 0.717) is 42.2 Å². The van der Waals surface area contributed by atoms with Gasteiger partial charge in [-0.3, -0.25) is 9.59 Å². The van der Waals surface area contributed by atoms with Crippen LogP contribution in [0.4, 0.5) is 5.69 Å². The summed E-state index contributed by atoms with van der Waals surface area (Å²) in [4.78, 5) is 39.8. The van der Waals surface area contributed by atoms with Crippen molar-refractivity contribution in [2.24, 2.45) is 11.8 Å². The van der Waals surface area contributed by atoms with Crippen molar-refractivity contribution in [1.29, 1.82) is 0 Å². The highest BCUT2D eigenvalue weighted by Gasteiger charge is 2.37. The Morgan fingerprint density at radius 2 is 1.78 bits per heavy atom. The van der Waals surface area contributed by atoms with Gasteiger partial charge >= 0.3 is 5.97 Å². The molecule has 1 aromatic rings. The lowest BCUT2D eigenvalue weighted by atomic mass is 9.81. The van der Waals surface area contributed by atoms with Crippen LogP contribution in [0.3, 0.4) is 0 Å². The average molecular weight is 456 g/mol. The number of nitrogens with zero attached hydrogens (tertiary/aromatic N) is 1.